The van der Waals surface area contributed by atoms with Crippen molar-refractivity contribution in [3.8, 4) is 0 Å². The molecule has 0 fully saturated rings. The summed E-state index contributed by atoms with van der Waals surface area (Å²) in [6.07, 6.45) is 30.8. The van der Waals surface area contributed by atoms with Gasteiger partial charge in [0.15, 0.2) is 0 Å². The fraction of sp³-hybridized carbons (Fsp3) is 0.964. The molecule has 0 amide bonds. The van der Waals surface area contributed by atoms with Gasteiger partial charge < -0.3 is 4.74 Å². The molecule has 2 heteroatoms. The number of rotatable bonds is 24. The monoisotopic (exact) mass is 424 g/mol. The summed E-state index contributed by atoms with van der Waals surface area (Å²) in [5.74, 6) is -0.0526. The summed E-state index contributed by atoms with van der Waals surface area (Å²) in [5, 5.41) is 0. The standard InChI is InChI=1S/C28H56O2/c1-4-5-6-7-8-9-10-11-12-13-14-15-16-17-18-19-20-21-22-23-24-25-26-30-28(29)27(2)3/h27H,4-26H2,1-3H3. The quantitative estimate of drug-likeness (QED) is 0.114. The molecule has 0 aliphatic rings. The number of carbonyl (C=O) groups excluding carboxylic acids is 1. The number of hydrogen-bond acceptors (Lipinski definition) is 2. The van der Waals surface area contributed by atoms with E-state index in [9.17, 15) is 4.79 Å². The van der Waals surface area contributed by atoms with Gasteiger partial charge in [-0.1, -0.05) is 156 Å². The first-order valence-electron chi connectivity index (χ1n) is 13.8. The summed E-state index contributed by atoms with van der Waals surface area (Å²) in [4.78, 5) is 11.3. The van der Waals surface area contributed by atoms with E-state index in [-0.39, 0.29) is 11.9 Å². The van der Waals surface area contributed by atoms with E-state index in [2.05, 4.69) is 6.92 Å². The Balaban J connectivity index is 3.04. The van der Waals surface area contributed by atoms with Crippen molar-refractivity contribution in [2.45, 2.75) is 162 Å². The topological polar surface area (TPSA) is 26.3 Å². The predicted molar refractivity (Wildman–Crippen MR) is 133 cm³/mol. The minimum absolute atomic E-state index is 0.00437. The van der Waals surface area contributed by atoms with Gasteiger partial charge in [-0.2, -0.15) is 0 Å². The van der Waals surface area contributed by atoms with E-state index in [1.807, 2.05) is 13.8 Å². The fourth-order valence-corrected chi connectivity index (χ4v) is 4.05. The average molecular weight is 425 g/mol. The highest BCUT2D eigenvalue weighted by molar-refractivity contribution is 5.71. The zero-order valence-electron chi connectivity index (χ0n) is 21.2. The third-order valence-electron chi connectivity index (χ3n) is 6.21. The number of esters is 1. The minimum atomic E-state index is -0.0569. The molecule has 0 unspecified atom stereocenters. The number of carbonyl (C=O) groups is 1. The molecular formula is C28H56O2. The lowest BCUT2D eigenvalue weighted by Crippen LogP contribution is -2.12. The Hall–Kier alpha value is -0.530. The molecule has 0 spiro atoms. The number of unbranched alkanes of at least 4 members (excludes halogenated alkanes) is 21. The lowest BCUT2D eigenvalue weighted by atomic mass is 10.0. The summed E-state index contributed by atoms with van der Waals surface area (Å²) in [7, 11) is 0. The highest BCUT2D eigenvalue weighted by Crippen LogP contribution is 2.15. The second-order valence-corrected chi connectivity index (χ2v) is 9.75. The van der Waals surface area contributed by atoms with Gasteiger partial charge in [-0.3, -0.25) is 4.79 Å². The van der Waals surface area contributed by atoms with Gasteiger partial charge in [-0.15, -0.1) is 0 Å². The molecule has 0 bridgehead atoms. The maximum absolute atomic E-state index is 11.3. The van der Waals surface area contributed by atoms with Crippen LogP contribution in [0.15, 0.2) is 0 Å². The number of ether oxygens (including phenoxy) is 1. The van der Waals surface area contributed by atoms with Crippen LogP contribution in [-0.2, 0) is 9.53 Å². The van der Waals surface area contributed by atoms with Crippen molar-refractivity contribution in [3.63, 3.8) is 0 Å². The summed E-state index contributed by atoms with van der Waals surface area (Å²) in [6.45, 7) is 6.68. The molecule has 0 aromatic rings. The van der Waals surface area contributed by atoms with Gasteiger partial charge in [0, 0.05) is 0 Å². The number of hydrogen-bond donors (Lipinski definition) is 0. The maximum Gasteiger partial charge on any atom is 0.308 e. The normalized spacial score (nSPS) is 11.3. The average Bonchev–Trinajstić information content (AvgIpc) is 2.74. The van der Waals surface area contributed by atoms with Crippen molar-refractivity contribution in [2.24, 2.45) is 5.92 Å². The van der Waals surface area contributed by atoms with Gasteiger partial charge in [0.2, 0.25) is 0 Å². The molecule has 0 atom stereocenters. The molecule has 0 aliphatic carbocycles. The lowest BCUT2D eigenvalue weighted by molar-refractivity contribution is -0.147. The third-order valence-corrected chi connectivity index (χ3v) is 6.21. The van der Waals surface area contributed by atoms with Crippen molar-refractivity contribution in [2.75, 3.05) is 6.61 Å². The molecule has 2 nitrogen and oxygen atoms in total. The first-order valence-corrected chi connectivity index (χ1v) is 13.8. The maximum atomic E-state index is 11.3. The molecule has 0 radical (unpaired) electrons. The molecule has 0 saturated carbocycles. The largest absolute Gasteiger partial charge is 0.465 e. The van der Waals surface area contributed by atoms with E-state index in [0.717, 1.165) is 6.42 Å². The van der Waals surface area contributed by atoms with Crippen LogP contribution in [0.25, 0.3) is 0 Å². The summed E-state index contributed by atoms with van der Waals surface area (Å²) in [5.41, 5.74) is 0. The van der Waals surface area contributed by atoms with Crippen molar-refractivity contribution in [3.05, 3.63) is 0 Å². The molecule has 0 rings (SSSR count). The highest BCUT2D eigenvalue weighted by atomic mass is 16.5. The van der Waals surface area contributed by atoms with Crippen LogP contribution in [0.2, 0.25) is 0 Å². The van der Waals surface area contributed by atoms with Gasteiger partial charge in [-0.25, -0.2) is 0 Å². The van der Waals surface area contributed by atoms with E-state index in [0.29, 0.717) is 6.61 Å². The van der Waals surface area contributed by atoms with E-state index in [1.165, 1.54) is 135 Å². The van der Waals surface area contributed by atoms with Crippen LogP contribution in [0.1, 0.15) is 162 Å². The Morgan fingerprint density at radius 3 is 1.03 bits per heavy atom. The summed E-state index contributed by atoms with van der Waals surface area (Å²) < 4.78 is 5.21. The third kappa shape index (κ3) is 23.7. The van der Waals surface area contributed by atoms with Gasteiger partial charge in [0.05, 0.1) is 12.5 Å². The van der Waals surface area contributed by atoms with Crippen molar-refractivity contribution < 1.29 is 9.53 Å². The molecule has 30 heavy (non-hydrogen) atoms. The zero-order chi connectivity index (χ0) is 22.1. The van der Waals surface area contributed by atoms with E-state index < -0.39 is 0 Å². The predicted octanol–water partition coefficient (Wildman–Crippen LogP) is 9.79. The van der Waals surface area contributed by atoms with Crippen LogP contribution in [0.3, 0.4) is 0 Å². The fourth-order valence-electron chi connectivity index (χ4n) is 4.05. The van der Waals surface area contributed by atoms with Crippen LogP contribution in [0.5, 0.6) is 0 Å². The van der Waals surface area contributed by atoms with Crippen LogP contribution in [0, 0.1) is 5.92 Å². The van der Waals surface area contributed by atoms with Crippen LogP contribution in [0.4, 0.5) is 0 Å². The second kappa shape index (κ2) is 24.7. The first kappa shape index (κ1) is 29.5. The van der Waals surface area contributed by atoms with Gasteiger partial charge in [0.25, 0.3) is 0 Å². The first-order chi connectivity index (χ1) is 14.7. The smallest absolute Gasteiger partial charge is 0.308 e. The molecule has 0 heterocycles. The van der Waals surface area contributed by atoms with Crippen molar-refractivity contribution >= 4 is 5.97 Å². The lowest BCUT2D eigenvalue weighted by Gasteiger charge is -2.06. The van der Waals surface area contributed by atoms with E-state index >= 15 is 0 Å². The van der Waals surface area contributed by atoms with E-state index in [1.54, 1.807) is 0 Å². The molecule has 0 aromatic carbocycles. The highest BCUT2D eigenvalue weighted by Gasteiger charge is 2.06. The van der Waals surface area contributed by atoms with Gasteiger partial charge in [0.1, 0.15) is 0 Å². The second-order valence-electron chi connectivity index (χ2n) is 9.75. The Kier molecular flexibility index (Phi) is 24.3. The Bertz CT molecular complexity index is 338. The van der Waals surface area contributed by atoms with Crippen molar-refractivity contribution in [1.82, 2.24) is 0 Å². The molecule has 0 aromatic heterocycles. The Morgan fingerprint density at radius 2 is 0.767 bits per heavy atom. The van der Waals surface area contributed by atoms with Crippen LogP contribution in [-0.4, -0.2) is 12.6 Å². The van der Waals surface area contributed by atoms with Gasteiger partial charge in [-0.05, 0) is 6.42 Å². The zero-order valence-corrected chi connectivity index (χ0v) is 21.2. The van der Waals surface area contributed by atoms with Gasteiger partial charge >= 0.3 is 5.97 Å². The molecule has 0 N–H and O–H groups in total. The van der Waals surface area contributed by atoms with Crippen LogP contribution >= 0.6 is 0 Å². The summed E-state index contributed by atoms with van der Waals surface area (Å²) >= 11 is 0. The molecule has 0 aliphatic heterocycles. The summed E-state index contributed by atoms with van der Waals surface area (Å²) in [6, 6.07) is 0. The Morgan fingerprint density at radius 1 is 0.500 bits per heavy atom. The Labute approximate surface area is 190 Å². The van der Waals surface area contributed by atoms with Crippen molar-refractivity contribution in [1.29, 1.82) is 0 Å². The van der Waals surface area contributed by atoms with Crippen LogP contribution < -0.4 is 0 Å². The molecule has 0 saturated heterocycles. The minimum Gasteiger partial charge on any atom is -0.465 e. The molecule has 180 valence electrons. The van der Waals surface area contributed by atoms with E-state index in [4.69, 9.17) is 4.74 Å². The SMILES string of the molecule is CCCCCCCCCCCCCCCCCCCCCCCCOC(=O)C(C)C. The molecular weight excluding hydrogens is 368 g/mol.